The van der Waals surface area contributed by atoms with E-state index in [1.807, 2.05) is 6.07 Å². The molecule has 3 fully saturated rings. The Balaban J connectivity index is 1.52. The summed E-state index contributed by atoms with van der Waals surface area (Å²) in [6.45, 7) is 2.34. The summed E-state index contributed by atoms with van der Waals surface area (Å²) in [7, 11) is 0. The number of rotatable bonds is 2. The van der Waals surface area contributed by atoms with E-state index >= 15 is 0 Å². The maximum absolute atomic E-state index is 13.9. The van der Waals surface area contributed by atoms with Crippen molar-refractivity contribution in [2.45, 2.75) is 57.1 Å². The van der Waals surface area contributed by atoms with E-state index in [1.54, 1.807) is 6.07 Å². The summed E-state index contributed by atoms with van der Waals surface area (Å²) in [5, 5.41) is 9.74. The third-order valence-electron chi connectivity index (χ3n) is 6.50. The number of carbonyl (C=O) groups is 1. The predicted molar refractivity (Wildman–Crippen MR) is 103 cm³/mol. The van der Waals surface area contributed by atoms with Crippen molar-refractivity contribution in [3.63, 3.8) is 0 Å². The van der Waals surface area contributed by atoms with Crippen LogP contribution in [0.3, 0.4) is 0 Å². The van der Waals surface area contributed by atoms with E-state index in [2.05, 4.69) is 25.7 Å². The van der Waals surface area contributed by atoms with Gasteiger partial charge in [-0.25, -0.2) is 4.39 Å². The molecule has 1 spiro atoms. The lowest BCUT2D eigenvalue weighted by atomic mass is 9.78. The monoisotopic (exact) mass is 424 g/mol. The van der Waals surface area contributed by atoms with E-state index in [1.165, 1.54) is 6.07 Å². The van der Waals surface area contributed by atoms with Crippen molar-refractivity contribution in [3.05, 3.63) is 28.5 Å². The summed E-state index contributed by atoms with van der Waals surface area (Å²) in [5.41, 5.74) is 0.510. The summed E-state index contributed by atoms with van der Waals surface area (Å²) in [6.07, 6.45) is 5.95. The van der Waals surface area contributed by atoms with E-state index in [9.17, 15) is 14.3 Å². The number of halogens is 2. The summed E-state index contributed by atoms with van der Waals surface area (Å²) in [5.74, 6) is 0.0124. The Morgan fingerprint density at radius 1 is 1.15 bits per heavy atom. The van der Waals surface area contributed by atoms with Gasteiger partial charge < -0.3 is 14.9 Å². The number of benzene rings is 1. The Kier molecular flexibility index (Phi) is 4.99. The maximum atomic E-state index is 13.9. The molecule has 0 radical (unpaired) electrons. The van der Waals surface area contributed by atoms with E-state index in [0.717, 1.165) is 63.7 Å². The van der Waals surface area contributed by atoms with Crippen LogP contribution < -0.4 is 4.90 Å². The zero-order chi connectivity index (χ0) is 18.3. The number of hydrogen-bond donors (Lipinski definition) is 1. The number of piperidine rings is 1. The highest BCUT2D eigenvalue weighted by molar-refractivity contribution is 9.10. The van der Waals surface area contributed by atoms with Crippen LogP contribution in [-0.2, 0) is 4.79 Å². The molecule has 1 amide bonds. The molecule has 0 bridgehead atoms. The van der Waals surface area contributed by atoms with Crippen molar-refractivity contribution < 1.29 is 14.3 Å². The molecule has 2 aliphatic heterocycles. The van der Waals surface area contributed by atoms with Gasteiger partial charge >= 0.3 is 0 Å². The topological polar surface area (TPSA) is 43.8 Å². The van der Waals surface area contributed by atoms with Gasteiger partial charge in [0.2, 0.25) is 5.91 Å². The number of nitrogens with zero attached hydrogens (tertiary/aromatic N) is 2. The molecule has 1 atom stereocenters. The number of likely N-dealkylation sites (tertiary alicyclic amines) is 1. The molecule has 1 aromatic carbocycles. The van der Waals surface area contributed by atoms with Crippen LogP contribution in [0.1, 0.15) is 44.9 Å². The fourth-order valence-electron chi connectivity index (χ4n) is 5.02. The number of hydrogen-bond acceptors (Lipinski definition) is 3. The maximum Gasteiger partial charge on any atom is 0.230 e. The lowest BCUT2D eigenvalue weighted by molar-refractivity contribution is -0.139. The molecule has 0 unspecified atom stereocenters. The molecule has 1 N–H and O–H groups in total. The van der Waals surface area contributed by atoms with Crippen molar-refractivity contribution in [2.75, 3.05) is 24.5 Å². The molecule has 142 valence electrons. The van der Waals surface area contributed by atoms with Gasteiger partial charge in [0, 0.05) is 25.7 Å². The van der Waals surface area contributed by atoms with Gasteiger partial charge in [0.05, 0.1) is 21.7 Å². The standard InChI is InChI=1S/C20H26BrFN2O2/c21-18-16(22)3-1-4-17(18)23-11-2-9-20(13-23)10-12-24(19(20)26)14-5-7-15(25)8-6-14/h1,3-4,14-15,25H,2,5-13H2/t14-,15-,20-/m0/s1. The molecule has 2 heterocycles. The van der Waals surface area contributed by atoms with Crippen molar-refractivity contribution >= 4 is 27.5 Å². The summed E-state index contributed by atoms with van der Waals surface area (Å²) in [4.78, 5) is 17.6. The SMILES string of the molecule is O=C1N([C@H]2CC[C@H](O)CC2)CC[C@]12CCCN(c1cccc(F)c1Br)C2. The quantitative estimate of drug-likeness (QED) is 0.786. The van der Waals surface area contributed by atoms with E-state index in [0.29, 0.717) is 11.0 Å². The third kappa shape index (κ3) is 3.15. The van der Waals surface area contributed by atoms with Gasteiger partial charge in [0.15, 0.2) is 0 Å². The zero-order valence-electron chi connectivity index (χ0n) is 15.0. The molecule has 1 saturated carbocycles. The minimum Gasteiger partial charge on any atom is -0.393 e. The van der Waals surface area contributed by atoms with Crippen LogP contribution in [0.2, 0.25) is 0 Å². The second kappa shape index (κ2) is 7.12. The Hall–Kier alpha value is -1.14. The first-order chi connectivity index (χ1) is 12.5. The van der Waals surface area contributed by atoms with Crippen LogP contribution in [0.4, 0.5) is 10.1 Å². The van der Waals surface area contributed by atoms with E-state index < -0.39 is 0 Å². The summed E-state index contributed by atoms with van der Waals surface area (Å²) in [6, 6.07) is 5.38. The summed E-state index contributed by atoms with van der Waals surface area (Å²) >= 11 is 3.37. The second-order valence-corrected chi connectivity index (χ2v) is 8.88. The molecular formula is C20H26BrFN2O2. The van der Waals surface area contributed by atoms with Gasteiger partial charge in [-0.15, -0.1) is 0 Å². The Morgan fingerprint density at radius 3 is 2.69 bits per heavy atom. The van der Waals surface area contributed by atoms with Gasteiger partial charge in [-0.1, -0.05) is 6.07 Å². The van der Waals surface area contributed by atoms with Crippen LogP contribution in [-0.4, -0.2) is 47.7 Å². The van der Waals surface area contributed by atoms with Crippen molar-refractivity contribution in [1.29, 1.82) is 0 Å². The first-order valence-electron chi connectivity index (χ1n) is 9.68. The zero-order valence-corrected chi connectivity index (χ0v) is 16.5. The number of amides is 1. The highest BCUT2D eigenvalue weighted by atomic mass is 79.9. The first kappa shape index (κ1) is 18.2. The minimum absolute atomic E-state index is 0.201. The van der Waals surface area contributed by atoms with Crippen LogP contribution in [0.5, 0.6) is 0 Å². The fraction of sp³-hybridized carbons (Fsp3) is 0.650. The molecule has 4 nitrogen and oxygen atoms in total. The summed E-state index contributed by atoms with van der Waals surface area (Å²) < 4.78 is 14.4. The number of aliphatic hydroxyl groups is 1. The Labute approximate surface area is 162 Å². The average Bonchev–Trinajstić information content (AvgIpc) is 2.94. The fourth-order valence-corrected chi connectivity index (χ4v) is 5.53. The van der Waals surface area contributed by atoms with Crippen molar-refractivity contribution in [2.24, 2.45) is 5.41 Å². The second-order valence-electron chi connectivity index (χ2n) is 8.09. The Bertz CT molecular complexity index is 692. The molecule has 4 rings (SSSR count). The van der Waals surface area contributed by atoms with Crippen LogP contribution in [0.15, 0.2) is 22.7 Å². The number of carbonyl (C=O) groups excluding carboxylic acids is 1. The largest absolute Gasteiger partial charge is 0.393 e. The van der Waals surface area contributed by atoms with Gasteiger partial charge in [0.1, 0.15) is 5.82 Å². The van der Waals surface area contributed by atoms with Crippen molar-refractivity contribution in [3.8, 4) is 0 Å². The molecule has 1 aliphatic carbocycles. The number of anilines is 1. The van der Waals surface area contributed by atoms with Gasteiger partial charge in [-0.2, -0.15) is 0 Å². The molecule has 3 aliphatic rings. The number of aliphatic hydroxyl groups excluding tert-OH is 1. The highest BCUT2D eigenvalue weighted by Crippen LogP contribution is 2.44. The highest BCUT2D eigenvalue weighted by Gasteiger charge is 2.50. The molecular weight excluding hydrogens is 399 g/mol. The average molecular weight is 425 g/mol. The predicted octanol–water partition coefficient (Wildman–Crippen LogP) is 3.71. The minimum atomic E-state index is -0.333. The van der Waals surface area contributed by atoms with Gasteiger partial charge in [0.25, 0.3) is 0 Å². The smallest absolute Gasteiger partial charge is 0.230 e. The molecule has 0 aromatic heterocycles. The first-order valence-corrected chi connectivity index (χ1v) is 10.5. The molecule has 1 aromatic rings. The molecule has 26 heavy (non-hydrogen) atoms. The Morgan fingerprint density at radius 2 is 1.92 bits per heavy atom. The van der Waals surface area contributed by atoms with Crippen LogP contribution >= 0.6 is 15.9 Å². The lowest BCUT2D eigenvalue weighted by Gasteiger charge is -2.41. The molecule has 2 saturated heterocycles. The van der Waals surface area contributed by atoms with Gasteiger partial charge in [-0.05, 0) is 73.0 Å². The van der Waals surface area contributed by atoms with Crippen LogP contribution in [0.25, 0.3) is 0 Å². The van der Waals surface area contributed by atoms with E-state index in [4.69, 9.17) is 0 Å². The normalized spacial score (nSPS) is 32.5. The molecule has 6 heteroatoms. The van der Waals surface area contributed by atoms with E-state index in [-0.39, 0.29) is 29.3 Å². The van der Waals surface area contributed by atoms with Gasteiger partial charge in [-0.3, -0.25) is 4.79 Å². The lowest BCUT2D eigenvalue weighted by Crippen LogP contribution is -2.50. The van der Waals surface area contributed by atoms with Crippen LogP contribution in [0, 0.1) is 11.2 Å². The van der Waals surface area contributed by atoms with Crippen molar-refractivity contribution in [1.82, 2.24) is 4.90 Å². The third-order valence-corrected chi connectivity index (χ3v) is 7.29.